The molecule has 0 spiro atoms. The standard InChI is InChI=1S/C14H19N5O/c1-4-19-13(12(15)8-16-19)14(20)18(3)9-11-7-5-6-10(2)17-11/h5-8H,4,9,15H2,1-3H3. The lowest BCUT2D eigenvalue weighted by Crippen LogP contribution is -2.29. The minimum atomic E-state index is -0.148. The summed E-state index contributed by atoms with van der Waals surface area (Å²) in [4.78, 5) is 18.4. The van der Waals surface area contributed by atoms with Gasteiger partial charge in [0, 0.05) is 19.3 Å². The Balaban J connectivity index is 2.18. The number of aryl methyl sites for hydroxylation is 2. The van der Waals surface area contributed by atoms with Crippen LogP contribution < -0.4 is 5.73 Å². The molecule has 2 aromatic heterocycles. The number of nitrogens with zero attached hydrogens (tertiary/aromatic N) is 4. The Hall–Kier alpha value is -2.37. The molecule has 20 heavy (non-hydrogen) atoms. The fourth-order valence-electron chi connectivity index (χ4n) is 2.06. The fraction of sp³-hybridized carbons (Fsp3) is 0.357. The third-order valence-electron chi connectivity index (χ3n) is 3.06. The Kier molecular flexibility index (Phi) is 4.02. The number of carbonyl (C=O) groups excluding carboxylic acids is 1. The quantitative estimate of drug-likeness (QED) is 0.915. The number of hydrogen-bond donors (Lipinski definition) is 1. The molecule has 0 aliphatic carbocycles. The van der Waals surface area contributed by atoms with Crippen molar-refractivity contribution in [2.24, 2.45) is 0 Å². The van der Waals surface area contributed by atoms with Crippen molar-refractivity contribution in [3.63, 3.8) is 0 Å². The molecule has 0 bridgehead atoms. The zero-order valence-corrected chi connectivity index (χ0v) is 12.0. The lowest BCUT2D eigenvalue weighted by molar-refractivity contribution is 0.0772. The van der Waals surface area contributed by atoms with Gasteiger partial charge in [0.2, 0.25) is 0 Å². The van der Waals surface area contributed by atoms with Gasteiger partial charge < -0.3 is 10.6 Å². The molecule has 2 aromatic rings. The second-order valence-corrected chi connectivity index (χ2v) is 4.70. The number of nitrogen functional groups attached to an aromatic ring is 1. The summed E-state index contributed by atoms with van der Waals surface area (Å²) in [6.07, 6.45) is 1.51. The maximum absolute atomic E-state index is 12.5. The molecule has 0 aliphatic heterocycles. The van der Waals surface area contributed by atoms with Crippen LogP contribution in [0.5, 0.6) is 0 Å². The van der Waals surface area contributed by atoms with E-state index in [1.165, 1.54) is 6.20 Å². The largest absolute Gasteiger partial charge is 0.396 e. The van der Waals surface area contributed by atoms with E-state index < -0.39 is 0 Å². The minimum Gasteiger partial charge on any atom is -0.396 e. The normalized spacial score (nSPS) is 10.6. The van der Waals surface area contributed by atoms with Crippen LogP contribution in [0.1, 0.15) is 28.8 Å². The molecule has 6 nitrogen and oxygen atoms in total. The fourth-order valence-corrected chi connectivity index (χ4v) is 2.06. The molecule has 1 amide bonds. The van der Waals surface area contributed by atoms with Gasteiger partial charge in [0.1, 0.15) is 5.69 Å². The van der Waals surface area contributed by atoms with Gasteiger partial charge in [0.15, 0.2) is 0 Å². The molecule has 6 heteroatoms. The van der Waals surface area contributed by atoms with E-state index >= 15 is 0 Å². The summed E-state index contributed by atoms with van der Waals surface area (Å²) >= 11 is 0. The average Bonchev–Trinajstić information content (AvgIpc) is 2.79. The van der Waals surface area contributed by atoms with Crippen molar-refractivity contribution < 1.29 is 4.79 Å². The molecule has 2 N–H and O–H groups in total. The zero-order chi connectivity index (χ0) is 14.7. The first-order valence-electron chi connectivity index (χ1n) is 6.52. The Morgan fingerprint density at radius 3 is 2.85 bits per heavy atom. The number of pyridine rings is 1. The van der Waals surface area contributed by atoms with Gasteiger partial charge >= 0.3 is 0 Å². The molecule has 0 atom stereocenters. The highest BCUT2D eigenvalue weighted by molar-refractivity contribution is 5.97. The molecule has 0 saturated carbocycles. The smallest absolute Gasteiger partial charge is 0.274 e. The van der Waals surface area contributed by atoms with Crippen LogP contribution in [0.15, 0.2) is 24.4 Å². The number of amides is 1. The van der Waals surface area contributed by atoms with E-state index in [2.05, 4.69) is 10.1 Å². The molecular weight excluding hydrogens is 254 g/mol. The summed E-state index contributed by atoms with van der Waals surface area (Å²) in [6, 6.07) is 5.76. The second-order valence-electron chi connectivity index (χ2n) is 4.70. The molecule has 106 valence electrons. The summed E-state index contributed by atoms with van der Waals surface area (Å²) in [5, 5.41) is 4.09. The maximum Gasteiger partial charge on any atom is 0.274 e. The van der Waals surface area contributed by atoms with Crippen LogP contribution in [0.3, 0.4) is 0 Å². The third kappa shape index (κ3) is 2.79. The first-order chi connectivity index (χ1) is 9.52. The van der Waals surface area contributed by atoms with Crippen molar-refractivity contribution in [3.05, 3.63) is 41.5 Å². The van der Waals surface area contributed by atoms with E-state index in [9.17, 15) is 4.79 Å². The lowest BCUT2D eigenvalue weighted by Gasteiger charge is -2.18. The van der Waals surface area contributed by atoms with Gasteiger partial charge in [-0.3, -0.25) is 14.5 Å². The van der Waals surface area contributed by atoms with Crippen LogP contribution in [-0.2, 0) is 13.1 Å². The summed E-state index contributed by atoms with van der Waals surface area (Å²) in [5.74, 6) is -0.148. The van der Waals surface area contributed by atoms with E-state index in [0.29, 0.717) is 24.5 Å². The summed E-state index contributed by atoms with van der Waals surface area (Å²) in [7, 11) is 1.73. The van der Waals surface area contributed by atoms with Crippen molar-refractivity contribution in [1.82, 2.24) is 19.7 Å². The Morgan fingerprint density at radius 1 is 1.45 bits per heavy atom. The predicted molar refractivity (Wildman–Crippen MR) is 77.1 cm³/mol. The number of aromatic nitrogens is 3. The summed E-state index contributed by atoms with van der Waals surface area (Å²) < 4.78 is 1.61. The average molecular weight is 273 g/mol. The zero-order valence-electron chi connectivity index (χ0n) is 12.0. The van der Waals surface area contributed by atoms with Crippen LogP contribution in [0.2, 0.25) is 0 Å². The second kappa shape index (κ2) is 5.73. The highest BCUT2D eigenvalue weighted by Gasteiger charge is 2.20. The Labute approximate surface area is 118 Å². The Morgan fingerprint density at radius 2 is 2.20 bits per heavy atom. The number of hydrogen-bond acceptors (Lipinski definition) is 4. The third-order valence-corrected chi connectivity index (χ3v) is 3.06. The Bertz CT molecular complexity index is 620. The van der Waals surface area contributed by atoms with Crippen LogP contribution in [0.25, 0.3) is 0 Å². The van der Waals surface area contributed by atoms with Crippen LogP contribution in [0.4, 0.5) is 5.69 Å². The molecule has 0 aliphatic rings. The van der Waals surface area contributed by atoms with Crippen molar-refractivity contribution >= 4 is 11.6 Å². The van der Waals surface area contributed by atoms with Gasteiger partial charge in [0.05, 0.1) is 24.1 Å². The topological polar surface area (TPSA) is 77.0 Å². The van der Waals surface area contributed by atoms with Gasteiger partial charge in [-0.1, -0.05) is 6.07 Å². The van der Waals surface area contributed by atoms with Gasteiger partial charge in [0.25, 0.3) is 5.91 Å². The van der Waals surface area contributed by atoms with E-state index in [1.54, 1.807) is 16.6 Å². The molecule has 0 aromatic carbocycles. The van der Waals surface area contributed by atoms with Crippen molar-refractivity contribution in [3.8, 4) is 0 Å². The first-order valence-corrected chi connectivity index (χ1v) is 6.52. The number of rotatable bonds is 4. The van der Waals surface area contributed by atoms with E-state index in [4.69, 9.17) is 5.73 Å². The van der Waals surface area contributed by atoms with Gasteiger partial charge in [-0.25, -0.2) is 0 Å². The molecule has 0 saturated heterocycles. The van der Waals surface area contributed by atoms with Gasteiger partial charge in [-0.05, 0) is 26.0 Å². The van der Waals surface area contributed by atoms with Gasteiger partial charge in [-0.15, -0.1) is 0 Å². The van der Waals surface area contributed by atoms with E-state index in [-0.39, 0.29) is 5.91 Å². The molecular formula is C14H19N5O. The predicted octanol–water partition coefficient (Wildman–Crippen LogP) is 1.46. The van der Waals surface area contributed by atoms with E-state index in [1.807, 2.05) is 32.0 Å². The monoisotopic (exact) mass is 273 g/mol. The maximum atomic E-state index is 12.5. The molecule has 2 rings (SSSR count). The van der Waals surface area contributed by atoms with E-state index in [0.717, 1.165) is 11.4 Å². The van der Waals surface area contributed by atoms with Crippen molar-refractivity contribution in [2.45, 2.75) is 26.9 Å². The number of anilines is 1. The first kappa shape index (κ1) is 14.0. The molecule has 2 heterocycles. The lowest BCUT2D eigenvalue weighted by atomic mass is 10.2. The van der Waals surface area contributed by atoms with Crippen LogP contribution >= 0.6 is 0 Å². The van der Waals surface area contributed by atoms with Crippen LogP contribution in [-0.4, -0.2) is 32.6 Å². The highest BCUT2D eigenvalue weighted by atomic mass is 16.2. The van der Waals surface area contributed by atoms with Crippen molar-refractivity contribution in [2.75, 3.05) is 12.8 Å². The SMILES string of the molecule is CCn1ncc(N)c1C(=O)N(C)Cc1cccc(C)n1. The van der Waals surface area contributed by atoms with Gasteiger partial charge in [-0.2, -0.15) is 5.10 Å². The number of carbonyl (C=O) groups is 1. The summed E-state index contributed by atoms with van der Waals surface area (Å²) in [6.45, 7) is 4.89. The molecule has 0 radical (unpaired) electrons. The molecule has 0 unspecified atom stereocenters. The van der Waals surface area contributed by atoms with Crippen molar-refractivity contribution in [1.29, 1.82) is 0 Å². The van der Waals surface area contributed by atoms with Crippen LogP contribution in [0, 0.1) is 6.92 Å². The molecule has 0 fully saturated rings. The highest BCUT2D eigenvalue weighted by Crippen LogP contribution is 2.14. The minimum absolute atomic E-state index is 0.148. The number of nitrogens with two attached hydrogens (primary N) is 1. The summed E-state index contributed by atoms with van der Waals surface area (Å²) in [5.41, 5.74) is 8.44.